The summed E-state index contributed by atoms with van der Waals surface area (Å²) in [5.41, 5.74) is 0.813. The van der Waals surface area contributed by atoms with Crippen molar-refractivity contribution in [3.8, 4) is 5.75 Å². The second-order valence-electron chi connectivity index (χ2n) is 3.56. The van der Waals surface area contributed by atoms with Crippen LogP contribution >= 0.6 is 0 Å². The van der Waals surface area contributed by atoms with Crippen molar-refractivity contribution >= 4 is 17.5 Å². The zero-order valence-electron chi connectivity index (χ0n) is 8.61. The average Bonchev–Trinajstić information content (AvgIpc) is 2.29. The maximum atomic E-state index is 11.7. The number of nitrogens with two attached hydrogens (primary N) is 1. The molecule has 0 aliphatic carbocycles. The first-order valence-corrected chi connectivity index (χ1v) is 4.68. The highest BCUT2D eigenvalue weighted by Gasteiger charge is 2.46. The number of hydrogen-bond acceptors (Lipinski definition) is 4. The molecule has 0 aromatic heterocycles. The molecule has 1 aliphatic rings. The minimum absolute atomic E-state index is 0.438. The van der Waals surface area contributed by atoms with Gasteiger partial charge in [0.2, 0.25) is 0 Å². The molecule has 1 aromatic rings. The molecule has 2 rings (SSSR count). The zero-order chi connectivity index (χ0) is 11.8. The second kappa shape index (κ2) is 3.49. The fourth-order valence-electron chi connectivity index (χ4n) is 1.45. The molecular formula is C10H11N3O3. The van der Waals surface area contributed by atoms with Crippen LogP contribution in [-0.4, -0.2) is 17.4 Å². The van der Waals surface area contributed by atoms with Gasteiger partial charge < -0.3 is 10.1 Å². The lowest BCUT2D eigenvalue weighted by molar-refractivity contribution is -0.146. The van der Waals surface area contributed by atoms with Crippen LogP contribution in [-0.2, 0) is 9.59 Å². The number of carbonyl (C=O) groups is 2. The topological polar surface area (TPSA) is 93.5 Å². The van der Waals surface area contributed by atoms with E-state index in [-0.39, 0.29) is 0 Å². The molecule has 0 fully saturated rings. The van der Waals surface area contributed by atoms with E-state index in [1.165, 1.54) is 6.92 Å². The third kappa shape index (κ3) is 1.40. The van der Waals surface area contributed by atoms with Gasteiger partial charge in [-0.1, -0.05) is 12.1 Å². The third-order valence-electron chi connectivity index (χ3n) is 2.45. The van der Waals surface area contributed by atoms with Crippen LogP contribution in [0.5, 0.6) is 5.75 Å². The Labute approximate surface area is 91.7 Å². The highest BCUT2D eigenvalue weighted by Crippen LogP contribution is 2.33. The molecule has 1 aromatic carbocycles. The summed E-state index contributed by atoms with van der Waals surface area (Å²) in [6, 6.07) is 6.86. The van der Waals surface area contributed by atoms with Gasteiger partial charge >= 0.3 is 0 Å². The number of benzene rings is 1. The van der Waals surface area contributed by atoms with Crippen molar-refractivity contribution in [2.75, 3.05) is 5.32 Å². The maximum Gasteiger partial charge on any atom is 0.287 e. The van der Waals surface area contributed by atoms with E-state index in [1.54, 1.807) is 24.3 Å². The maximum absolute atomic E-state index is 11.7. The number of hydrazine groups is 1. The summed E-state index contributed by atoms with van der Waals surface area (Å²) in [6.45, 7) is 1.36. The third-order valence-corrected chi connectivity index (χ3v) is 2.45. The van der Waals surface area contributed by atoms with E-state index < -0.39 is 17.4 Å². The van der Waals surface area contributed by atoms with Crippen molar-refractivity contribution in [2.24, 2.45) is 5.84 Å². The Hall–Kier alpha value is -2.08. The van der Waals surface area contributed by atoms with Crippen LogP contribution < -0.4 is 21.3 Å². The lowest BCUT2D eigenvalue weighted by Gasteiger charge is -2.32. The molecule has 1 atom stereocenters. The fourth-order valence-corrected chi connectivity index (χ4v) is 1.45. The quantitative estimate of drug-likeness (QED) is 0.264. The van der Waals surface area contributed by atoms with Gasteiger partial charge in [0.15, 0.2) is 0 Å². The Balaban J connectivity index is 2.41. The molecule has 16 heavy (non-hydrogen) atoms. The molecule has 0 saturated heterocycles. The SMILES string of the molecule is C[C@]1(C(=O)NN)Oc2ccccc2NC1=O. The molecule has 4 N–H and O–H groups in total. The highest BCUT2D eigenvalue weighted by atomic mass is 16.5. The molecule has 2 amide bonds. The van der Waals surface area contributed by atoms with Gasteiger partial charge in [0.1, 0.15) is 5.75 Å². The average molecular weight is 221 g/mol. The largest absolute Gasteiger partial charge is 0.465 e. The summed E-state index contributed by atoms with van der Waals surface area (Å²) in [4.78, 5) is 23.2. The normalized spacial score (nSPS) is 22.8. The first kappa shape index (κ1) is 10.4. The van der Waals surface area contributed by atoms with Gasteiger partial charge in [-0.25, -0.2) is 5.84 Å². The summed E-state index contributed by atoms with van der Waals surface area (Å²) < 4.78 is 5.38. The smallest absolute Gasteiger partial charge is 0.287 e. The van der Waals surface area contributed by atoms with Crippen molar-refractivity contribution in [3.63, 3.8) is 0 Å². The number of ether oxygens (including phenoxy) is 1. The van der Waals surface area contributed by atoms with Gasteiger partial charge in [-0.2, -0.15) is 0 Å². The molecule has 0 bridgehead atoms. The van der Waals surface area contributed by atoms with E-state index in [2.05, 4.69) is 5.32 Å². The number of carbonyl (C=O) groups excluding carboxylic acids is 2. The van der Waals surface area contributed by atoms with Crippen molar-refractivity contribution in [2.45, 2.75) is 12.5 Å². The molecule has 0 spiro atoms. The van der Waals surface area contributed by atoms with E-state index in [0.29, 0.717) is 11.4 Å². The van der Waals surface area contributed by atoms with Crippen molar-refractivity contribution in [1.82, 2.24) is 5.43 Å². The number of nitrogens with one attached hydrogen (secondary N) is 2. The van der Waals surface area contributed by atoms with E-state index in [9.17, 15) is 9.59 Å². The van der Waals surface area contributed by atoms with Crippen molar-refractivity contribution in [3.05, 3.63) is 24.3 Å². The Morgan fingerprint density at radius 1 is 1.50 bits per heavy atom. The summed E-state index contributed by atoms with van der Waals surface area (Å²) in [5.74, 6) is 4.21. The summed E-state index contributed by atoms with van der Waals surface area (Å²) in [5, 5.41) is 2.59. The predicted octanol–water partition coefficient (Wildman–Crippen LogP) is -0.234. The molecule has 0 saturated carbocycles. The highest BCUT2D eigenvalue weighted by molar-refractivity contribution is 6.15. The number of fused-ring (bicyclic) bond motifs is 1. The Morgan fingerprint density at radius 3 is 2.88 bits per heavy atom. The molecular weight excluding hydrogens is 210 g/mol. The second-order valence-corrected chi connectivity index (χ2v) is 3.56. The minimum Gasteiger partial charge on any atom is -0.465 e. The lowest BCUT2D eigenvalue weighted by Crippen LogP contribution is -2.60. The first-order chi connectivity index (χ1) is 7.58. The van der Waals surface area contributed by atoms with Crippen molar-refractivity contribution in [1.29, 1.82) is 0 Å². The monoisotopic (exact) mass is 221 g/mol. The number of anilines is 1. The minimum atomic E-state index is -1.64. The summed E-state index contributed by atoms with van der Waals surface area (Å²) in [7, 11) is 0. The van der Waals surface area contributed by atoms with E-state index in [4.69, 9.17) is 10.6 Å². The molecule has 6 nitrogen and oxygen atoms in total. The Bertz CT molecular complexity index is 460. The molecule has 1 heterocycles. The standard InChI is InChI=1S/C10H11N3O3/c1-10(9(15)13-11)8(14)12-6-4-2-3-5-7(6)16-10/h2-5H,11H2,1H3,(H,12,14)(H,13,15)/t10-/m0/s1. The van der Waals surface area contributed by atoms with Gasteiger partial charge in [0.05, 0.1) is 5.69 Å². The van der Waals surface area contributed by atoms with Crippen molar-refractivity contribution < 1.29 is 14.3 Å². The molecule has 0 unspecified atom stereocenters. The van der Waals surface area contributed by atoms with Gasteiger partial charge in [-0.3, -0.25) is 15.0 Å². The van der Waals surface area contributed by atoms with E-state index >= 15 is 0 Å². The molecule has 6 heteroatoms. The fraction of sp³-hybridized carbons (Fsp3) is 0.200. The number of hydrogen-bond donors (Lipinski definition) is 3. The van der Waals surface area contributed by atoms with Crippen LogP contribution in [0.3, 0.4) is 0 Å². The van der Waals surface area contributed by atoms with Gasteiger partial charge in [0, 0.05) is 0 Å². The molecule has 84 valence electrons. The number of amides is 2. The van der Waals surface area contributed by atoms with Crippen LogP contribution in [0.4, 0.5) is 5.69 Å². The van der Waals surface area contributed by atoms with E-state index in [0.717, 1.165) is 0 Å². The van der Waals surface area contributed by atoms with Gasteiger partial charge in [-0.05, 0) is 19.1 Å². The first-order valence-electron chi connectivity index (χ1n) is 4.68. The lowest BCUT2D eigenvalue weighted by atomic mass is 10.0. The van der Waals surface area contributed by atoms with Gasteiger partial charge in [0.25, 0.3) is 17.4 Å². The zero-order valence-corrected chi connectivity index (χ0v) is 8.61. The summed E-state index contributed by atoms with van der Waals surface area (Å²) >= 11 is 0. The van der Waals surface area contributed by atoms with Crippen LogP contribution in [0.1, 0.15) is 6.92 Å². The predicted molar refractivity (Wildman–Crippen MR) is 56.4 cm³/mol. The molecule has 0 radical (unpaired) electrons. The van der Waals surface area contributed by atoms with E-state index in [1.807, 2.05) is 5.43 Å². The van der Waals surface area contributed by atoms with Gasteiger partial charge in [-0.15, -0.1) is 0 Å². The number of para-hydroxylation sites is 2. The Kier molecular flexibility index (Phi) is 2.28. The number of rotatable bonds is 1. The van der Waals surface area contributed by atoms with Crippen LogP contribution in [0.2, 0.25) is 0 Å². The van der Waals surface area contributed by atoms with Crippen LogP contribution in [0, 0.1) is 0 Å². The van der Waals surface area contributed by atoms with Crippen LogP contribution in [0.15, 0.2) is 24.3 Å². The summed E-state index contributed by atoms with van der Waals surface area (Å²) in [6.07, 6.45) is 0. The molecule has 1 aliphatic heterocycles. The van der Waals surface area contributed by atoms with Crippen LogP contribution in [0.25, 0.3) is 0 Å². The Morgan fingerprint density at radius 2 is 2.19 bits per heavy atom.